The van der Waals surface area contributed by atoms with Gasteiger partial charge in [-0.15, -0.1) is 11.3 Å². The van der Waals surface area contributed by atoms with Crippen molar-refractivity contribution in [3.8, 4) is 0 Å². The second-order valence-electron chi connectivity index (χ2n) is 2.90. The van der Waals surface area contributed by atoms with Gasteiger partial charge in [-0.05, 0) is 30.8 Å². The summed E-state index contributed by atoms with van der Waals surface area (Å²) in [6, 6.07) is 3.92. The van der Waals surface area contributed by atoms with Gasteiger partial charge in [-0.25, -0.2) is 0 Å². The Labute approximate surface area is 77.0 Å². The first-order chi connectivity index (χ1) is 5.73. The highest BCUT2D eigenvalue weighted by Crippen LogP contribution is 2.31. The molecule has 0 amide bonds. The number of rotatable bonds is 4. The third-order valence-corrected chi connectivity index (χ3v) is 3.19. The summed E-state index contributed by atoms with van der Waals surface area (Å²) in [5, 5.41) is 12.1. The van der Waals surface area contributed by atoms with E-state index >= 15 is 0 Å². The molecule has 0 saturated carbocycles. The summed E-state index contributed by atoms with van der Waals surface area (Å²) < 4.78 is 0. The molecule has 0 radical (unpaired) electrons. The summed E-state index contributed by atoms with van der Waals surface area (Å²) in [6.45, 7) is 2.51. The summed E-state index contributed by atoms with van der Waals surface area (Å²) in [4.78, 5) is 1.02. The summed E-state index contributed by atoms with van der Waals surface area (Å²) in [7, 11) is 0. The molecular weight excluding hydrogens is 170 g/mol. The quantitative estimate of drug-likeness (QED) is 0.750. The first-order valence-corrected chi connectivity index (χ1v) is 5.07. The van der Waals surface area contributed by atoms with E-state index < -0.39 is 5.60 Å². The van der Waals surface area contributed by atoms with Crippen LogP contribution < -0.4 is 5.73 Å². The molecule has 1 aromatic rings. The molecule has 3 N–H and O–H groups in total. The summed E-state index contributed by atoms with van der Waals surface area (Å²) >= 11 is 1.59. The molecule has 0 fully saturated rings. The maximum Gasteiger partial charge on any atom is 0.0997 e. The number of hydrogen-bond acceptors (Lipinski definition) is 3. The maximum absolute atomic E-state index is 10.1. The van der Waals surface area contributed by atoms with Gasteiger partial charge in [0.2, 0.25) is 0 Å². The molecule has 0 aromatic carbocycles. The maximum atomic E-state index is 10.1. The molecule has 1 heterocycles. The molecule has 0 spiro atoms. The second-order valence-corrected chi connectivity index (χ2v) is 3.85. The van der Waals surface area contributed by atoms with Crippen LogP contribution in [0.15, 0.2) is 17.5 Å². The Morgan fingerprint density at radius 1 is 1.67 bits per heavy atom. The lowest BCUT2D eigenvalue weighted by Gasteiger charge is -2.24. The highest BCUT2D eigenvalue weighted by molar-refractivity contribution is 7.10. The highest BCUT2D eigenvalue weighted by Gasteiger charge is 2.26. The zero-order valence-electron chi connectivity index (χ0n) is 7.29. The van der Waals surface area contributed by atoms with Gasteiger partial charge in [0.25, 0.3) is 0 Å². The molecule has 12 heavy (non-hydrogen) atoms. The Hall–Kier alpha value is -0.380. The normalized spacial score (nSPS) is 15.9. The van der Waals surface area contributed by atoms with Gasteiger partial charge in [0.15, 0.2) is 0 Å². The molecule has 1 atom stereocenters. The van der Waals surface area contributed by atoms with E-state index in [2.05, 4.69) is 0 Å². The fourth-order valence-electron chi connectivity index (χ4n) is 1.26. The van der Waals surface area contributed by atoms with Gasteiger partial charge in [0, 0.05) is 4.88 Å². The van der Waals surface area contributed by atoms with Crippen molar-refractivity contribution in [2.24, 2.45) is 5.73 Å². The first-order valence-electron chi connectivity index (χ1n) is 4.19. The predicted molar refractivity (Wildman–Crippen MR) is 52.2 cm³/mol. The van der Waals surface area contributed by atoms with Crippen molar-refractivity contribution in [1.29, 1.82) is 0 Å². The van der Waals surface area contributed by atoms with Crippen LogP contribution in [0.4, 0.5) is 0 Å². The van der Waals surface area contributed by atoms with Gasteiger partial charge >= 0.3 is 0 Å². The zero-order valence-corrected chi connectivity index (χ0v) is 8.10. The van der Waals surface area contributed by atoms with Gasteiger partial charge in [0.05, 0.1) is 5.60 Å². The van der Waals surface area contributed by atoms with E-state index in [9.17, 15) is 5.11 Å². The minimum absolute atomic E-state index is 0.530. The molecule has 68 valence electrons. The van der Waals surface area contributed by atoms with Crippen LogP contribution in [0.2, 0.25) is 0 Å². The van der Waals surface area contributed by atoms with Crippen molar-refractivity contribution in [3.05, 3.63) is 22.4 Å². The molecule has 0 aliphatic carbocycles. The summed E-state index contributed by atoms with van der Waals surface area (Å²) in [5.41, 5.74) is 4.75. The van der Waals surface area contributed by atoms with Crippen molar-refractivity contribution < 1.29 is 5.11 Å². The van der Waals surface area contributed by atoms with Gasteiger partial charge < -0.3 is 10.8 Å². The van der Waals surface area contributed by atoms with Crippen LogP contribution >= 0.6 is 11.3 Å². The molecule has 3 heteroatoms. The first kappa shape index (κ1) is 9.71. The van der Waals surface area contributed by atoms with E-state index in [1.165, 1.54) is 0 Å². The van der Waals surface area contributed by atoms with Crippen LogP contribution in [0.3, 0.4) is 0 Å². The topological polar surface area (TPSA) is 46.2 Å². The molecule has 2 nitrogen and oxygen atoms in total. The van der Waals surface area contributed by atoms with Crippen LogP contribution in [0.1, 0.15) is 24.6 Å². The zero-order chi connectivity index (χ0) is 9.03. The molecular formula is C9H15NOS. The standard InChI is InChI=1S/C9H15NOS/c1-2-9(11,5-6-10)8-4-3-7-12-8/h3-4,7,11H,2,5-6,10H2,1H3. The largest absolute Gasteiger partial charge is 0.384 e. The van der Waals surface area contributed by atoms with Crippen molar-refractivity contribution in [2.45, 2.75) is 25.4 Å². The van der Waals surface area contributed by atoms with Crippen molar-refractivity contribution in [2.75, 3.05) is 6.54 Å². The molecule has 0 aliphatic heterocycles. The second kappa shape index (κ2) is 4.03. The van der Waals surface area contributed by atoms with Gasteiger partial charge in [-0.3, -0.25) is 0 Å². The number of thiophene rings is 1. The Balaban J connectivity index is 2.80. The van der Waals surface area contributed by atoms with Crippen LogP contribution in [0.25, 0.3) is 0 Å². The molecule has 1 rings (SSSR count). The lowest BCUT2D eigenvalue weighted by molar-refractivity contribution is 0.0296. The van der Waals surface area contributed by atoms with Crippen molar-refractivity contribution >= 4 is 11.3 Å². The Kier molecular flexibility index (Phi) is 3.26. The molecule has 1 unspecified atom stereocenters. The van der Waals surface area contributed by atoms with E-state index in [4.69, 9.17) is 5.73 Å². The van der Waals surface area contributed by atoms with E-state index in [0.29, 0.717) is 13.0 Å². The average molecular weight is 185 g/mol. The average Bonchev–Trinajstić information content (AvgIpc) is 2.57. The van der Waals surface area contributed by atoms with E-state index in [0.717, 1.165) is 11.3 Å². The molecule has 0 bridgehead atoms. The van der Waals surface area contributed by atoms with Gasteiger partial charge in [0.1, 0.15) is 0 Å². The van der Waals surface area contributed by atoms with Crippen LogP contribution in [-0.2, 0) is 5.60 Å². The summed E-state index contributed by atoms with van der Waals surface area (Å²) in [6.07, 6.45) is 1.37. The lowest BCUT2D eigenvalue weighted by atomic mass is 9.95. The Bertz CT molecular complexity index is 222. The smallest absolute Gasteiger partial charge is 0.0997 e. The third kappa shape index (κ3) is 1.86. The third-order valence-electron chi connectivity index (χ3n) is 2.12. The van der Waals surface area contributed by atoms with Crippen molar-refractivity contribution in [1.82, 2.24) is 0 Å². The molecule has 1 aromatic heterocycles. The number of aliphatic hydroxyl groups is 1. The van der Waals surface area contributed by atoms with Crippen LogP contribution in [0, 0.1) is 0 Å². The minimum Gasteiger partial charge on any atom is -0.384 e. The number of nitrogens with two attached hydrogens (primary N) is 1. The van der Waals surface area contributed by atoms with E-state index in [-0.39, 0.29) is 0 Å². The van der Waals surface area contributed by atoms with E-state index in [1.54, 1.807) is 11.3 Å². The fourth-order valence-corrected chi connectivity index (χ4v) is 2.18. The molecule has 0 saturated heterocycles. The van der Waals surface area contributed by atoms with Crippen LogP contribution in [-0.4, -0.2) is 11.7 Å². The Morgan fingerprint density at radius 3 is 2.83 bits per heavy atom. The van der Waals surface area contributed by atoms with Crippen LogP contribution in [0.5, 0.6) is 0 Å². The SMILES string of the molecule is CCC(O)(CCN)c1cccs1. The van der Waals surface area contributed by atoms with Crippen molar-refractivity contribution in [3.63, 3.8) is 0 Å². The summed E-state index contributed by atoms with van der Waals surface area (Å²) in [5.74, 6) is 0. The highest BCUT2D eigenvalue weighted by atomic mass is 32.1. The van der Waals surface area contributed by atoms with Gasteiger partial charge in [-0.1, -0.05) is 13.0 Å². The lowest BCUT2D eigenvalue weighted by Crippen LogP contribution is -2.26. The van der Waals surface area contributed by atoms with Gasteiger partial charge in [-0.2, -0.15) is 0 Å². The molecule has 0 aliphatic rings. The van der Waals surface area contributed by atoms with E-state index in [1.807, 2.05) is 24.4 Å². The predicted octanol–water partition coefficient (Wildman–Crippen LogP) is 1.69. The monoisotopic (exact) mass is 185 g/mol. The number of hydrogen-bond donors (Lipinski definition) is 2. The fraction of sp³-hybridized carbons (Fsp3) is 0.556. The minimum atomic E-state index is -0.692. The Morgan fingerprint density at radius 2 is 2.42 bits per heavy atom.